The van der Waals surface area contributed by atoms with Gasteiger partial charge in [-0.2, -0.15) is 0 Å². The second-order valence-electron chi connectivity index (χ2n) is 3.26. The van der Waals surface area contributed by atoms with Crippen LogP contribution >= 0.6 is 0 Å². The van der Waals surface area contributed by atoms with E-state index < -0.39 is 0 Å². The Kier molecular flexibility index (Phi) is 3.87. The lowest BCUT2D eigenvalue weighted by Gasteiger charge is -2.12. The first kappa shape index (κ1) is 9.01. The van der Waals surface area contributed by atoms with Crippen LogP contribution in [0.4, 0.5) is 0 Å². The van der Waals surface area contributed by atoms with Gasteiger partial charge in [0.1, 0.15) is 0 Å². The number of hydrogen-bond donors (Lipinski definition) is 1. The van der Waals surface area contributed by atoms with Crippen LogP contribution in [0.3, 0.4) is 0 Å². The number of rotatable bonds is 4. The lowest BCUT2D eigenvalue weighted by molar-refractivity contribution is 0.0352. The normalized spacial score (nSPS) is 31.1. The average Bonchev–Trinajstić information content (AvgIpc) is 2.37. The largest absolute Gasteiger partial charge is 0.390 e. The van der Waals surface area contributed by atoms with Crippen LogP contribution in [-0.2, 0) is 4.74 Å². The van der Waals surface area contributed by atoms with Gasteiger partial charge in [-0.15, -0.1) is 0 Å². The third-order valence-corrected chi connectivity index (χ3v) is 2.27. The molecule has 1 heterocycles. The van der Waals surface area contributed by atoms with E-state index in [0.29, 0.717) is 0 Å². The summed E-state index contributed by atoms with van der Waals surface area (Å²) in [5.74, 6) is 0. The topological polar surface area (TPSA) is 29.5 Å². The summed E-state index contributed by atoms with van der Waals surface area (Å²) in [5.41, 5.74) is 0. The summed E-state index contributed by atoms with van der Waals surface area (Å²) >= 11 is 0. The average molecular weight is 158 g/mol. The highest BCUT2D eigenvalue weighted by atomic mass is 16.5. The Morgan fingerprint density at radius 3 is 2.82 bits per heavy atom. The Labute approximate surface area is 68.6 Å². The molecule has 0 aromatic rings. The van der Waals surface area contributed by atoms with Crippen LogP contribution in [0.25, 0.3) is 0 Å². The highest BCUT2D eigenvalue weighted by molar-refractivity contribution is 4.74. The third kappa shape index (κ3) is 2.80. The van der Waals surface area contributed by atoms with Gasteiger partial charge >= 0.3 is 0 Å². The van der Waals surface area contributed by atoms with Crippen molar-refractivity contribution < 1.29 is 9.84 Å². The molecule has 1 rings (SSSR count). The van der Waals surface area contributed by atoms with Crippen molar-refractivity contribution in [1.82, 2.24) is 0 Å². The number of unbranched alkanes of at least 4 members (excludes halogenated alkanes) is 2. The maximum Gasteiger partial charge on any atom is 0.0834 e. The molecule has 11 heavy (non-hydrogen) atoms. The molecule has 0 saturated carbocycles. The van der Waals surface area contributed by atoms with E-state index in [1.165, 1.54) is 19.3 Å². The first-order valence-electron chi connectivity index (χ1n) is 4.64. The van der Waals surface area contributed by atoms with Crippen molar-refractivity contribution in [1.29, 1.82) is 0 Å². The lowest BCUT2D eigenvalue weighted by Crippen LogP contribution is -2.20. The molecule has 0 aromatic carbocycles. The van der Waals surface area contributed by atoms with E-state index in [1.807, 2.05) is 0 Å². The van der Waals surface area contributed by atoms with E-state index in [2.05, 4.69) is 6.92 Å². The summed E-state index contributed by atoms with van der Waals surface area (Å²) in [7, 11) is 0. The standard InChI is InChI=1S/C9H18O2/c1-2-3-4-5-9-8(10)6-7-11-9/h8-10H,2-7H2,1H3/t8-,9+/m1/s1. The molecule has 2 heteroatoms. The molecule has 0 bridgehead atoms. The van der Waals surface area contributed by atoms with Gasteiger partial charge in [0.25, 0.3) is 0 Å². The molecular weight excluding hydrogens is 140 g/mol. The Balaban J connectivity index is 2.05. The van der Waals surface area contributed by atoms with Crippen molar-refractivity contribution in [2.75, 3.05) is 6.61 Å². The van der Waals surface area contributed by atoms with Crippen LogP contribution in [0.2, 0.25) is 0 Å². The Morgan fingerprint density at radius 1 is 1.45 bits per heavy atom. The second kappa shape index (κ2) is 4.73. The van der Waals surface area contributed by atoms with Crippen molar-refractivity contribution >= 4 is 0 Å². The summed E-state index contributed by atoms with van der Waals surface area (Å²) in [6.07, 6.45) is 5.51. The molecule has 1 aliphatic rings. The summed E-state index contributed by atoms with van der Waals surface area (Å²) < 4.78 is 5.36. The maximum atomic E-state index is 9.36. The van der Waals surface area contributed by atoms with Crippen LogP contribution in [0.1, 0.15) is 39.0 Å². The van der Waals surface area contributed by atoms with Gasteiger partial charge in [-0.05, 0) is 12.8 Å². The Hall–Kier alpha value is -0.0800. The van der Waals surface area contributed by atoms with Crippen molar-refractivity contribution in [2.24, 2.45) is 0 Å². The molecule has 0 aromatic heterocycles. The molecule has 0 unspecified atom stereocenters. The zero-order valence-corrected chi connectivity index (χ0v) is 7.25. The van der Waals surface area contributed by atoms with Crippen LogP contribution in [0, 0.1) is 0 Å². The van der Waals surface area contributed by atoms with Crippen molar-refractivity contribution in [3.05, 3.63) is 0 Å². The summed E-state index contributed by atoms with van der Waals surface area (Å²) in [4.78, 5) is 0. The molecule has 2 nitrogen and oxygen atoms in total. The SMILES string of the molecule is CCCCC[C@@H]1OCC[C@H]1O. The van der Waals surface area contributed by atoms with E-state index in [-0.39, 0.29) is 12.2 Å². The minimum Gasteiger partial charge on any atom is -0.390 e. The van der Waals surface area contributed by atoms with E-state index in [9.17, 15) is 5.11 Å². The molecule has 66 valence electrons. The zero-order valence-electron chi connectivity index (χ0n) is 7.25. The van der Waals surface area contributed by atoms with Gasteiger partial charge in [-0.1, -0.05) is 26.2 Å². The summed E-state index contributed by atoms with van der Waals surface area (Å²) in [6, 6.07) is 0. The van der Waals surface area contributed by atoms with Gasteiger partial charge in [0.05, 0.1) is 12.2 Å². The fraction of sp³-hybridized carbons (Fsp3) is 1.00. The van der Waals surface area contributed by atoms with Crippen molar-refractivity contribution in [2.45, 2.75) is 51.2 Å². The van der Waals surface area contributed by atoms with Crippen LogP contribution in [-0.4, -0.2) is 23.9 Å². The summed E-state index contributed by atoms with van der Waals surface area (Å²) in [6.45, 7) is 2.93. The van der Waals surface area contributed by atoms with Crippen molar-refractivity contribution in [3.63, 3.8) is 0 Å². The first-order valence-corrected chi connectivity index (χ1v) is 4.64. The van der Waals surface area contributed by atoms with E-state index in [1.54, 1.807) is 0 Å². The van der Waals surface area contributed by atoms with Crippen molar-refractivity contribution in [3.8, 4) is 0 Å². The predicted molar refractivity (Wildman–Crippen MR) is 44.5 cm³/mol. The van der Waals surface area contributed by atoms with Gasteiger partial charge in [-0.25, -0.2) is 0 Å². The Morgan fingerprint density at radius 2 is 2.27 bits per heavy atom. The fourth-order valence-electron chi connectivity index (χ4n) is 1.51. The number of ether oxygens (including phenoxy) is 1. The minimum absolute atomic E-state index is 0.140. The number of hydrogen-bond acceptors (Lipinski definition) is 2. The molecule has 0 spiro atoms. The molecule has 1 fully saturated rings. The van der Waals surface area contributed by atoms with E-state index in [4.69, 9.17) is 4.74 Å². The van der Waals surface area contributed by atoms with E-state index in [0.717, 1.165) is 19.4 Å². The monoisotopic (exact) mass is 158 g/mol. The molecule has 0 radical (unpaired) electrons. The van der Waals surface area contributed by atoms with Gasteiger partial charge in [0, 0.05) is 6.61 Å². The second-order valence-corrected chi connectivity index (χ2v) is 3.26. The van der Waals surface area contributed by atoms with Crippen LogP contribution < -0.4 is 0 Å². The molecule has 0 aliphatic carbocycles. The smallest absolute Gasteiger partial charge is 0.0834 e. The minimum atomic E-state index is -0.188. The number of aliphatic hydroxyl groups excluding tert-OH is 1. The highest BCUT2D eigenvalue weighted by Crippen LogP contribution is 2.18. The highest BCUT2D eigenvalue weighted by Gasteiger charge is 2.24. The van der Waals surface area contributed by atoms with E-state index >= 15 is 0 Å². The molecule has 1 N–H and O–H groups in total. The van der Waals surface area contributed by atoms with Crippen LogP contribution in [0.15, 0.2) is 0 Å². The molecule has 2 atom stereocenters. The molecule has 0 amide bonds. The molecular formula is C9H18O2. The van der Waals surface area contributed by atoms with Gasteiger partial charge in [0.15, 0.2) is 0 Å². The fourth-order valence-corrected chi connectivity index (χ4v) is 1.51. The maximum absolute atomic E-state index is 9.36. The first-order chi connectivity index (χ1) is 5.34. The lowest BCUT2D eigenvalue weighted by atomic mass is 10.1. The predicted octanol–water partition coefficient (Wildman–Crippen LogP) is 1.72. The summed E-state index contributed by atoms with van der Waals surface area (Å²) in [5, 5.41) is 9.36. The van der Waals surface area contributed by atoms with Gasteiger partial charge in [-0.3, -0.25) is 0 Å². The van der Waals surface area contributed by atoms with Crippen LogP contribution in [0.5, 0.6) is 0 Å². The third-order valence-electron chi connectivity index (χ3n) is 2.27. The van der Waals surface area contributed by atoms with Gasteiger partial charge in [0.2, 0.25) is 0 Å². The quantitative estimate of drug-likeness (QED) is 0.631. The Bertz CT molecular complexity index is 104. The molecule has 1 saturated heterocycles. The zero-order chi connectivity index (χ0) is 8.10. The van der Waals surface area contributed by atoms with Gasteiger partial charge < -0.3 is 9.84 Å². The molecule has 1 aliphatic heterocycles. The number of aliphatic hydroxyl groups is 1.